The number of likely N-dealkylation sites (tertiary alicyclic amines) is 1. The average Bonchev–Trinajstić information content (AvgIpc) is 2.71. The van der Waals surface area contributed by atoms with E-state index in [9.17, 15) is 0 Å². The van der Waals surface area contributed by atoms with Crippen molar-refractivity contribution < 1.29 is 4.74 Å². The molecular weight excluding hydrogens is 412 g/mol. The number of hydrogen-bond donors (Lipinski definition) is 0. The quantitative estimate of drug-likeness (QED) is 0.565. The van der Waals surface area contributed by atoms with Gasteiger partial charge in [-0.1, -0.05) is 34.1 Å². The van der Waals surface area contributed by atoms with Crippen molar-refractivity contribution in [3.8, 4) is 5.75 Å². The Morgan fingerprint density at radius 2 is 2.07 bits per heavy atom. The smallest absolute Gasteiger partial charge is 0.119 e. The lowest BCUT2D eigenvalue weighted by atomic mass is 9.58. The fraction of sp³-hybridized carbons (Fsp3) is 0.375. The molecule has 1 fully saturated rings. The summed E-state index contributed by atoms with van der Waals surface area (Å²) >= 11 is 3.59. The molecule has 0 bridgehead atoms. The second kappa shape index (κ2) is 6.85. The number of halogens is 1. The maximum atomic E-state index is 5.55. The molecule has 2 aromatic carbocycles. The van der Waals surface area contributed by atoms with E-state index >= 15 is 0 Å². The second-order valence-electron chi connectivity index (χ2n) is 8.41. The summed E-state index contributed by atoms with van der Waals surface area (Å²) in [6.07, 6.45) is 3.27. The van der Waals surface area contributed by atoms with E-state index in [4.69, 9.17) is 9.72 Å². The Bertz CT molecular complexity index is 1050. The van der Waals surface area contributed by atoms with Gasteiger partial charge in [0.05, 0.1) is 12.6 Å². The van der Waals surface area contributed by atoms with Crippen LogP contribution in [0.1, 0.15) is 23.2 Å². The Labute approximate surface area is 174 Å². The number of methoxy groups -OCH3 is 1. The molecule has 2 atom stereocenters. The number of ether oxygens (including phenoxy) is 1. The molecule has 0 radical (unpaired) electrons. The highest BCUT2D eigenvalue weighted by Crippen LogP contribution is 2.48. The Morgan fingerprint density at radius 3 is 2.93 bits per heavy atom. The number of fused-ring (bicyclic) bond motifs is 3. The summed E-state index contributed by atoms with van der Waals surface area (Å²) in [4.78, 5) is 7.61. The molecule has 5 rings (SSSR count). The molecule has 1 aromatic heterocycles. The largest absolute Gasteiger partial charge is 0.497 e. The summed E-state index contributed by atoms with van der Waals surface area (Å²) < 4.78 is 6.64. The highest BCUT2D eigenvalue weighted by molar-refractivity contribution is 9.10. The molecule has 28 heavy (non-hydrogen) atoms. The van der Waals surface area contributed by atoms with Gasteiger partial charge in [0.15, 0.2) is 0 Å². The normalized spacial score (nSPS) is 24.6. The van der Waals surface area contributed by atoms with E-state index in [1.807, 2.05) is 6.07 Å². The van der Waals surface area contributed by atoms with Gasteiger partial charge in [-0.25, -0.2) is 0 Å². The van der Waals surface area contributed by atoms with Crippen LogP contribution < -0.4 is 4.74 Å². The Kier molecular flexibility index (Phi) is 4.44. The molecule has 2 heterocycles. The van der Waals surface area contributed by atoms with Gasteiger partial charge in [-0.05, 0) is 73.8 Å². The minimum absolute atomic E-state index is 0.140. The monoisotopic (exact) mass is 436 g/mol. The van der Waals surface area contributed by atoms with Crippen LogP contribution >= 0.6 is 15.9 Å². The number of rotatable bonds is 2. The van der Waals surface area contributed by atoms with Crippen LogP contribution in [0.2, 0.25) is 0 Å². The predicted octanol–water partition coefficient (Wildman–Crippen LogP) is 4.99. The molecule has 4 heteroatoms. The summed E-state index contributed by atoms with van der Waals surface area (Å²) in [5, 5.41) is 1.24. The van der Waals surface area contributed by atoms with Crippen LogP contribution in [0.5, 0.6) is 5.75 Å². The third kappa shape index (κ3) is 2.94. The van der Waals surface area contributed by atoms with Crippen molar-refractivity contribution in [3.63, 3.8) is 0 Å². The lowest BCUT2D eigenvalue weighted by Gasteiger charge is -2.50. The fourth-order valence-electron chi connectivity index (χ4n) is 5.26. The second-order valence-corrected chi connectivity index (χ2v) is 9.33. The van der Waals surface area contributed by atoms with Crippen LogP contribution in [0.3, 0.4) is 0 Å². The molecule has 1 aliphatic heterocycles. The maximum Gasteiger partial charge on any atom is 0.119 e. The third-order valence-electron chi connectivity index (χ3n) is 6.80. The van der Waals surface area contributed by atoms with E-state index in [1.54, 1.807) is 7.11 Å². The molecule has 0 unspecified atom stereocenters. The number of aromatic nitrogens is 1. The van der Waals surface area contributed by atoms with Gasteiger partial charge in [0.2, 0.25) is 0 Å². The van der Waals surface area contributed by atoms with Gasteiger partial charge >= 0.3 is 0 Å². The van der Waals surface area contributed by atoms with Crippen molar-refractivity contribution >= 4 is 26.8 Å². The van der Waals surface area contributed by atoms with E-state index in [-0.39, 0.29) is 5.41 Å². The summed E-state index contributed by atoms with van der Waals surface area (Å²) in [6.45, 7) is 2.26. The highest BCUT2D eigenvalue weighted by Gasteiger charge is 2.47. The SMILES string of the molecule is COc1cccc([C@@]23CCN(C)C[C@@H]2Cc2cc4ccc(Br)cc4nc2C3)c1. The Balaban J connectivity index is 1.65. The molecule has 0 amide bonds. The standard InChI is InChI=1S/C24H25BrN2O/c1-27-9-8-24(18-4-3-5-21(12-18)28-2)14-23-17(11-19(24)15-27)10-16-6-7-20(25)13-22(16)26-23/h3-7,10,12-13,19H,8-9,11,14-15H2,1-2H3/t19-,24-/m0/s1. The minimum atomic E-state index is 0.140. The predicted molar refractivity (Wildman–Crippen MR) is 117 cm³/mol. The molecule has 3 nitrogen and oxygen atoms in total. The van der Waals surface area contributed by atoms with Crippen LogP contribution in [-0.4, -0.2) is 37.1 Å². The average molecular weight is 437 g/mol. The zero-order valence-corrected chi connectivity index (χ0v) is 18.0. The van der Waals surface area contributed by atoms with Gasteiger partial charge in [0.1, 0.15) is 5.75 Å². The summed E-state index contributed by atoms with van der Waals surface area (Å²) in [7, 11) is 4.01. The fourth-order valence-corrected chi connectivity index (χ4v) is 5.61. The van der Waals surface area contributed by atoms with Crippen molar-refractivity contribution in [1.82, 2.24) is 9.88 Å². The lowest BCUT2D eigenvalue weighted by molar-refractivity contribution is 0.0987. The Morgan fingerprint density at radius 1 is 1.18 bits per heavy atom. The van der Waals surface area contributed by atoms with E-state index in [0.29, 0.717) is 5.92 Å². The van der Waals surface area contributed by atoms with Crippen LogP contribution in [0.15, 0.2) is 53.0 Å². The number of pyridine rings is 1. The maximum absolute atomic E-state index is 5.55. The molecule has 2 aliphatic rings. The first-order chi connectivity index (χ1) is 13.6. The van der Waals surface area contributed by atoms with Gasteiger partial charge < -0.3 is 9.64 Å². The zero-order valence-electron chi connectivity index (χ0n) is 16.4. The van der Waals surface area contributed by atoms with E-state index < -0.39 is 0 Å². The molecular formula is C24H25BrN2O. The van der Waals surface area contributed by atoms with E-state index in [1.165, 1.54) is 28.6 Å². The van der Waals surface area contributed by atoms with Crippen LogP contribution in [0.4, 0.5) is 0 Å². The van der Waals surface area contributed by atoms with Crippen LogP contribution in [-0.2, 0) is 18.3 Å². The van der Waals surface area contributed by atoms with Crippen molar-refractivity contribution in [2.45, 2.75) is 24.7 Å². The summed E-state index contributed by atoms with van der Waals surface area (Å²) in [6, 6.07) is 17.5. The molecule has 0 saturated carbocycles. The van der Waals surface area contributed by atoms with E-state index in [2.05, 4.69) is 70.3 Å². The van der Waals surface area contributed by atoms with Crippen molar-refractivity contribution in [2.75, 3.05) is 27.2 Å². The van der Waals surface area contributed by atoms with E-state index in [0.717, 1.165) is 41.7 Å². The van der Waals surface area contributed by atoms with Gasteiger partial charge in [-0.15, -0.1) is 0 Å². The first-order valence-electron chi connectivity index (χ1n) is 9.98. The lowest BCUT2D eigenvalue weighted by Crippen LogP contribution is -2.53. The molecule has 0 spiro atoms. The van der Waals surface area contributed by atoms with Gasteiger partial charge in [-0.3, -0.25) is 4.98 Å². The van der Waals surface area contributed by atoms with Crippen molar-refractivity contribution in [1.29, 1.82) is 0 Å². The molecule has 1 saturated heterocycles. The van der Waals surface area contributed by atoms with Crippen LogP contribution in [0.25, 0.3) is 10.9 Å². The number of nitrogens with zero attached hydrogens (tertiary/aromatic N) is 2. The number of benzene rings is 2. The number of piperidine rings is 1. The van der Waals surface area contributed by atoms with Gasteiger partial charge in [0.25, 0.3) is 0 Å². The Hall–Kier alpha value is -1.91. The van der Waals surface area contributed by atoms with Crippen molar-refractivity contribution in [3.05, 3.63) is 69.8 Å². The molecule has 144 valence electrons. The molecule has 0 N–H and O–H groups in total. The minimum Gasteiger partial charge on any atom is -0.497 e. The summed E-state index contributed by atoms with van der Waals surface area (Å²) in [5.74, 6) is 1.55. The van der Waals surface area contributed by atoms with Gasteiger partial charge in [0, 0.05) is 33.9 Å². The first kappa shape index (κ1) is 18.1. The first-order valence-corrected chi connectivity index (χ1v) is 10.8. The summed E-state index contributed by atoms with van der Waals surface area (Å²) in [5.41, 5.74) is 5.33. The molecule has 1 aliphatic carbocycles. The van der Waals surface area contributed by atoms with Gasteiger partial charge in [-0.2, -0.15) is 0 Å². The third-order valence-corrected chi connectivity index (χ3v) is 7.29. The molecule has 3 aromatic rings. The topological polar surface area (TPSA) is 25.4 Å². The highest BCUT2D eigenvalue weighted by atomic mass is 79.9. The van der Waals surface area contributed by atoms with Crippen molar-refractivity contribution in [2.24, 2.45) is 5.92 Å². The van der Waals surface area contributed by atoms with Crippen LogP contribution in [0, 0.1) is 5.92 Å². The number of hydrogen-bond acceptors (Lipinski definition) is 3. The zero-order chi connectivity index (χ0) is 19.3.